The van der Waals surface area contributed by atoms with E-state index in [1.54, 1.807) is 27.2 Å². The molecule has 1 aliphatic heterocycles. The summed E-state index contributed by atoms with van der Waals surface area (Å²) in [6, 6.07) is 11.6. The van der Waals surface area contributed by atoms with Gasteiger partial charge in [0.25, 0.3) is 0 Å². The number of methoxy groups -OCH3 is 1. The predicted molar refractivity (Wildman–Crippen MR) is 129 cm³/mol. The zero-order chi connectivity index (χ0) is 20.9. The molecule has 9 heteroatoms. The summed E-state index contributed by atoms with van der Waals surface area (Å²) >= 11 is 0. The van der Waals surface area contributed by atoms with Crippen LogP contribution in [-0.4, -0.2) is 56.5 Å². The summed E-state index contributed by atoms with van der Waals surface area (Å²) in [5.74, 6) is 2.54. The topological polar surface area (TPSA) is 84.1 Å². The smallest absolute Gasteiger partial charge is 0.194 e. The van der Waals surface area contributed by atoms with Crippen LogP contribution in [-0.2, 0) is 22.8 Å². The summed E-state index contributed by atoms with van der Waals surface area (Å²) in [5.41, 5.74) is 1.06. The minimum absolute atomic E-state index is 0. The van der Waals surface area contributed by atoms with Crippen LogP contribution in [0.4, 0.5) is 0 Å². The lowest BCUT2D eigenvalue weighted by Gasteiger charge is -2.39. The highest BCUT2D eigenvalue weighted by Gasteiger charge is 2.41. The maximum absolute atomic E-state index is 12.4. The lowest BCUT2D eigenvalue weighted by molar-refractivity contribution is 0.352. The van der Waals surface area contributed by atoms with Gasteiger partial charge in [-0.05, 0) is 43.7 Å². The van der Waals surface area contributed by atoms with Crippen LogP contribution in [0.5, 0.6) is 5.75 Å². The quantitative estimate of drug-likeness (QED) is 0.340. The monoisotopic (exact) mass is 547 g/mol. The molecule has 1 aliphatic rings. The van der Waals surface area contributed by atoms with Crippen molar-refractivity contribution in [2.45, 2.75) is 31.6 Å². The van der Waals surface area contributed by atoms with Gasteiger partial charge in [-0.25, -0.2) is 13.4 Å². The summed E-state index contributed by atoms with van der Waals surface area (Å²) < 4.78 is 34.5. The second-order valence-corrected chi connectivity index (χ2v) is 10.5. The van der Waals surface area contributed by atoms with Crippen molar-refractivity contribution in [3.63, 3.8) is 0 Å². The molecule has 166 valence electrons. The Morgan fingerprint density at radius 3 is 2.60 bits per heavy atom. The lowest BCUT2D eigenvalue weighted by Crippen LogP contribution is -2.57. The number of hydrogen-bond donors (Lipinski definition) is 1. The van der Waals surface area contributed by atoms with Gasteiger partial charge in [0.1, 0.15) is 11.5 Å². The molecule has 0 radical (unpaired) electrons. The van der Waals surface area contributed by atoms with E-state index < -0.39 is 14.6 Å². The average Bonchev–Trinajstić information content (AvgIpc) is 3.21. The molecule has 7 nitrogen and oxygen atoms in total. The minimum Gasteiger partial charge on any atom is -0.497 e. The fourth-order valence-corrected chi connectivity index (χ4v) is 4.61. The summed E-state index contributed by atoms with van der Waals surface area (Å²) in [7, 11) is -1.47. The van der Waals surface area contributed by atoms with E-state index in [0.29, 0.717) is 26.2 Å². The van der Waals surface area contributed by atoms with Crippen LogP contribution < -0.4 is 10.1 Å². The third-order valence-electron chi connectivity index (χ3n) is 5.15. The number of hydrogen-bond acceptors (Lipinski definition) is 5. The standard InChI is InChI=1S/C21H29N3O4S.HI/c1-21(2)16-24(12-14-29(21,25)26)20(22-11-10-19-5-4-13-28-19)23-15-17-6-8-18(27-3)9-7-17;/h4-9,13H,10-12,14-16H2,1-3H3,(H,22,23);1H. The first-order valence-corrected chi connectivity index (χ1v) is 11.4. The molecule has 0 bridgehead atoms. The van der Waals surface area contributed by atoms with Crippen LogP contribution in [0.1, 0.15) is 25.2 Å². The molecule has 0 amide bonds. The van der Waals surface area contributed by atoms with Crippen molar-refractivity contribution in [2.75, 3.05) is 32.5 Å². The summed E-state index contributed by atoms with van der Waals surface area (Å²) in [4.78, 5) is 6.80. The number of halogens is 1. The molecule has 0 aliphatic carbocycles. The zero-order valence-electron chi connectivity index (χ0n) is 17.6. The molecule has 0 unspecified atom stereocenters. The van der Waals surface area contributed by atoms with E-state index in [1.165, 1.54) is 0 Å². The van der Waals surface area contributed by atoms with Crippen molar-refractivity contribution < 1.29 is 17.6 Å². The van der Waals surface area contributed by atoms with Crippen LogP contribution in [0.25, 0.3) is 0 Å². The Morgan fingerprint density at radius 1 is 1.27 bits per heavy atom. The van der Waals surface area contributed by atoms with Gasteiger partial charge in [0.15, 0.2) is 15.8 Å². The Labute approximate surface area is 195 Å². The SMILES string of the molecule is COc1ccc(CN=C(NCCc2ccco2)N2CCS(=O)(=O)C(C)(C)C2)cc1.I. The third-order valence-corrected chi connectivity index (χ3v) is 7.68. The van der Waals surface area contributed by atoms with Crippen molar-refractivity contribution in [2.24, 2.45) is 4.99 Å². The Balaban J connectivity index is 0.00000320. The second-order valence-electron chi connectivity index (χ2n) is 7.74. The van der Waals surface area contributed by atoms with E-state index in [4.69, 9.17) is 14.1 Å². The van der Waals surface area contributed by atoms with E-state index in [1.807, 2.05) is 41.3 Å². The van der Waals surface area contributed by atoms with Gasteiger partial charge in [-0.2, -0.15) is 0 Å². The average molecular weight is 547 g/mol. The van der Waals surface area contributed by atoms with Gasteiger partial charge >= 0.3 is 0 Å². The van der Waals surface area contributed by atoms with E-state index >= 15 is 0 Å². The molecule has 0 saturated carbocycles. The number of rotatable bonds is 6. The van der Waals surface area contributed by atoms with E-state index in [0.717, 1.165) is 29.5 Å². The maximum Gasteiger partial charge on any atom is 0.194 e. The Bertz CT molecular complexity index is 926. The van der Waals surface area contributed by atoms with Gasteiger partial charge in [0.05, 0.1) is 30.4 Å². The molecule has 1 saturated heterocycles. The molecule has 0 atom stereocenters. The van der Waals surface area contributed by atoms with Gasteiger partial charge in [-0.15, -0.1) is 24.0 Å². The first-order chi connectivity index (χ1) is 13.8. The highest BCUT2D eigenvalue weighted by Crippen LogP contribution is 2.24. The highest BCUT2D eigenvalue weighted by atomic mass is 127. The minimum atomic E-state index is -3.11. The van der Waals surface area contributed by atoms with E-state index in [2.05, 4.69) is 5.32 Å². The molecule has 2 heterocycles. The fourth-order valence-electron chi connectivity index (χ4n) is 3.24. The van der Waals surface area contributed by atoms with Gasteiger partial charge in [-0.3, -0.25) is 0 Å². The van der Waals surface area contributed by atoms with Crippen molar-refractivity contribution in [3.8, 4) is 5.75 Å². The number of guanidine groups is 1. The number of nitrogens with zero attached hydrogens (tertiary/aromatic N) is 2. The predicted octanol–water partition coefficient (Wildman–Crippen LogP) is 3.10. The zero-order valence-corrected chi connectivity index (χ0v) is 20.8. The van der Waals surface area contributed by atoms with Crippen molar-refractivity contribution in [1.82, 2.24) is 10.2 Å². The summed E-state index contributed by atoms with van der Waals surface area (Å²) in [6.07, 6.45) is 2.39. The number of furan rings is 1. The van der Waals surface area contributed by atoms with Crippen molar-refractivity contribution in [3.05, 3.63) is 54.0 Å². The summed E-state index contributed by atoms with van der Waals surface area (Å²) in [5, 5.41) is 3.38. The van der Waals surface area contributed by atoms with Crippen LogP contribution >= 0.6 is 24.0 Å². The molecule has 1 aromatic heterocycles. The number of nitrogens with one attached hydrogen (secondary N) is 1. The van der Waals surface area contributed by atoms with Crippen LogP contribution in [0.2, 0.25) is 0 Å². The van der Waals surface area contributed by atoms with Gasteiger partial charge in [0, 0.05) is 26.1 Å². The first-order valence-electron chi connectivity index (χ1n) is 9.72. The van der Waals surface area contributed by atoms with Gasteiger partial charge < -0.3 is 19.4 Å². The number of benzene rings is 1. The number of ether oxygens (including phenoxy) is 1. The molecule has 0 spiro atoms. The molecule has 1 N–H and O–H groups in total. The molecule has 1 fully saturated rings. The second kappa shape index (κ2) is 10.5. The third kappa shape index (κ3) is 6.13. The molecule has 30 heavy (non-hydrogen) atoms. The largest absolute Gasteiger partial charge is 0.497 e. The number of sulfone groups is 1. The molecule has 3 rings (SSSR count). The van der Waals surface area contributed by atoms with E-state index in [9.17, 15) is 8.42 Å². The van der Waals surface area contributed by atoms with Crippen molar-refractivity contribution >= 4 is 39.8 Å². The Hall–Kier alpha value is -1.75. The Kier molecular flexibility index (Phi) is 8.60. The highest BCUT2D eigenvalue weighted by molar-refractivity contribution is 14.0. The molecule has 1 aromatic carbocycles. The first kappa shape index (κ1) is 24.5. The van der Waals surface area contributed by atoms with Crippen LogP contribution in [0, 0.1) is 0 Å². The summed E-state index contributed by atoms with van der Waals surface area (Å²) in [6.45, 7) is 5.54. The molecular weight excluding hydrogens is 517 g/mol. The van der Waals surface area contributed by atoms with Crippen LogP contribution in [0.3, 0.4) is 0 Å². The maximum atomic E-state index is 12.4. The van der Waals surface area contributed by atoms with E-state index in [-0.39, 0.29) is 29.7 Å². The molecular formula is C21H30IN3O4S. The van der Waals surface area contributed by atoms with Crippen LogP contribution in [0.15, 0.2) is 52.1 Å². The van der Waals surface area contributed by atoms with Gasteiger partial charge in [0.2, 0.25) is 0 Å². The number of aliphatic imine (C=N–C) groups is 1. The Morgan fingerprint density at radius 2 is 2.00 bits per heavy atom. The normalized spacial score (nSPS) is 17.8. The fraction of sp³-hybridized carbons (Fsp3) is 0.476. The molecule has 2 aromatic rings. The lowest BCUT2D eigenvalue weighted by atomic mass is 10.2. The van der Waals surface area contributed by atoms with Crippen molar-refractivity contribution in [1.29, 1.82) is 0 Å². The van der Waals surface area contributed by atoms with Gasteiger partial charge in [-0.1, -0.05) is 12.1 Å².